The topological polar surface area (TPSA) is 58.6 Å². The molecule has 0 saturated heterocycles. The van der Waals surface area contributed by atoms with Gasteiger partial charge in [0, 0.05) is 19.5 Å². The summed E-state index contributed by atoms with van der Waals surface area (Å²) in [5, 5.41) is 2.88. The standard InChI is InChI=1S/C19H20N2O3/c22-18(11-10-15-6-2-1-3-7-15)20-12-13-21-16-8-4-5-9-17(16)24-14-19(21)23/h1-9H,10-14H2,(H,20,22). The Hall–Kier alpha value is -2.82. The van der Waals surface area contributed by atoms with Crippen LogP contribution < -0.4 is 15.0 Å². The van der Waals surface area contributed by atoms with Gasteiger partial charge in [-0.2, -0.15) is 0 Å². The Labute approximate surface area is 141 Å². The summed E-state index contributed by atoms with van der Waals surface area (Å²) in [7, 11) is 0. The summed E-state index contributed by atoms with van der Waals surface area (Å²) in [6.07, 6.45) is 1.16. The molecule has 2 aromatic rings. The lowest BCUT2D eigenvalue weighted by Crippen LogP contribution is -2.43. The number of amides is 2. The van der Waals surface area contributed by atoms with Gasteiger partial charge in [-0.3, -0.25) is 9.59 Å². The van der Waals surface area contributed by atoms with Crippen molar-refractivity contribution < 1.29 is 14.3 Å². The van der Waals surface area contributed by atoms with Crippen LogP contribution in [0, 0.1) is 0 Å². The van der Waals surface area contributed by atoms with Crippen LogP contribution in [0.2, 0.25) is 0 Å². The molecule has 24 heavy (non-hydrogen) atoms. The van der Waals surface area contributed by atoms with E-state index in [0.717, 1.165) is 11.3 Å². The van der Waals surface area contributed by atoms with E-state index >= 15 is 0 Å². The average molecular weight is 324 g/mol. The molecule has 5 heteroatoms. The van der Waals surface area contributed by atoms with Gasteiger partial charge in [0.1, 0.15) is 5.75 Å². The second-order valence-corrected chi connectivity index (χ2v) is 5.64. The Morgan fingerprint density at radius 3 is 2.67 bits per heavy atom. The Balaban J connectivity index is 1.48. The number of ether oxygens (including phenoxy) is 1. The minimum atomic E-state index is -0.0905. The van der Waals surface area contributed by atoms with Gasteiger partial charge >= 0.3 is 0 Å². The van der Waals surface area contributed by atoms with Gasteiger partial charge in [0.15, 0.2) is 6.61 Å². The minimum absolute atomic E-state index is 0.00662. The molecule has 124 valence electrons. The zero-order valence-corrected chi connectivity index (χ0v) is 13.4. The lowest BCUT2D eigenvalue weighted by Gasteiger charge is -2.29. The summed E-state index contributed by atoms with van der Waals surface area (Å²) in [5.41, 5.74) is 1.90. The Bertz CT molecular complexity index is 716. The van der Waals surface area contributed by atoms with E-state index in [4.69, 9.17) is 4.74 Å². The van der Waals surface area contributed by atoms with E-state index < -0.39 is 0 Å². The monoisotopic (exact) mass is 324 g/mol. The van der Waals surface area contributed by atoms with Crippen LogP contribution in [0.15, 0.2) is 54.6 Å². The molecule has 0 spiro atoms. The molecule has 2 amide bonds. The quantitative estimate of drug-likeness (QED) is 0.886. The van der Waals surface area contributed by atoms with Crippen molar-refractivity contribution >= 4 is 17.5 Å². The van der Waals surface area contributed by atoms with E-state index in [9.17, 15) is 9.59 Å². The normalized spacial score (nSPS) is 13.2. The van der Waals surface area contributed by atoms with Crippen molar-refractivity contribution in [3.05, 3.63) is 60.2 Å². The first-order chi connectivity index (χ1) is 11.7. The summed E-state index contributed by atoms with van der Waals surface area (Å²) >= 11 is 0. The summed E-state index contributed by atoms with van der Waals surface area (Å²) < 4.78 is 5.40. The maximum absolute atomic E-state index is 12.0. The molecule has 0 aromatic heterocycles. The molecule has 1 heterocycles. The van der Waals surface area contributed by atoms with Crippen molar-refractivity contribution in [1.29, 1.82) is 0 Å². The highest BCUT2D eigenvalue weighted by Gasteiger charge is 2.24. The van der Waals surface area contributed by atoms with Gasteiger partial charge in [-0.1, -0.05) is 42.5 Å². The fraction of sp³-hybridized carbons (Fsp3) is 0.263. The second-order valence-electron chi connectivity index (χ2n) is 5.64. The maximum atomic E-state index is 12.0. The third kappa shape index (κ3) is 3.93. The fourth-order valence-corrected chi connectivity index (χ4v) is 2.70. The molecule has 5 nitrogen and oxygen atoms in total. The van der Waals surface area contributed by atoms with Crippen LogP contribution in [0.3, 0.4) is 0 Å². The van der Waals surface area contributed by atoms with Gasteiger partial charge in [0.05, 0.1) is 5.69 Å². The van der Waals surface area contributed by atoms with Crippen LogP contribution in [0.4, 0.5) is 5.69 Å². The van der Waals surface area contributed by atoms with E-state index in [-0.39, 0.29) is 18.4 Å². The fourth-order valence-electron chi connectivity index (χ4n) is 2.70. The zero-order chi connectivity index (χ0) is 16.8. The first-order valence-electron chi connectivity index (χ1n) is 8.07. The molecule has 0 bridgehead atoms. The lowest BCUT2D eigenvalue weighted by atomic mass is 10.1. The van der Waals surface area contributed by atoms with Crippen LogP contribution in [0.1, 0.15) is 12.0 Å². The van der Waals surface area contributed by atoms with Gasteiger partial charge in [0.2, 0.25) is 5.91 Å². The van der Waals surface area contributed by atoms with Gasteiger partial charge in [0.25, 0.3) is 5.91 Å². The highest BCUT2D eigenvalue weighted by molar-refractivity contribution is 5.97. The summed E-state index contributed by atoms with van der Waals surface area (Å²) in [4.78, 5) is 25.6. The number of aryl methyl sites for hydroxylation is 1. The number of hydrogen-bond donors (Lipinski definition) is 1. The highest BCUT2D eigenvalue weighted by atomic mass is 16.5. The van der Waals surface area contributed by atoms with Gasteiger partial charge in [-0.25, -0.2) is 0 Å². The van der Waals surface area contributed by atoms with Crippen molar-refractivity contribution in [1.82, 2.24) is 5.32 Å². The first-order valence-corrected chi connectivity index (χ1v) is 8.07. The lowest BCUT2D eigenvalue weighted by molar-refractivity contribution is -0.122. The second kappa shape index (κ2) is 7.64. The number of hydrogen-bond acceptors (Lipinski definition) is 3. The number of para-hydroxylation sites is 2. The minimum Gasteiger partial charge on any atom is -0.482 e. The number of fused-ring (bicyclic) bond motifs is 1. The zero-order valence-electron chi connectivity index (χ0n) is 13.4. The van der Waals surface area contributed by atoms with E-state index in [1.165, 1.54) is 0 Å². The molecular formula is C19H20N2O3. The molecule has 2 aromatic carbocycles. The number of nitrogens with zero attached hydrogens (tertiary/aromatic N) is 1. The number of nitrogens with one attached hydrogen (secondary N) is 1. The SMILES string of the molecule is O=C(CCc1ccccc1)NCCN1C(=O)COc2ccccc21. The number of benzene rings is 2. The third-order valence-electron chi connectivity index (χ3n) is 3.95. The van der Waals surface area contributed by atoms with Crippen molar-refractivity contribution in [2.75, 3.05) is 24.6 Å². The van der Waals surface area contributed by atoms with E-state index in [1.54, 1.807) is 4.90 Å². The molecule has 0 radical (unpaired) electrons. The molecule has 1 N–H and O–H groups in total. The maximum Gasteiger partial charge on any atom is 0.265 e. The van der Waals surface area contributed by atoms with E-state index in [0.29, 0.717) is 31.7 Å². The molecule has 3 rings (SSSR count). The third-order valence-corrected chi connectivity index (χ3v) is 3.95. The summed E-state index contributed by atoms with van der Waals surface area (Å²) in [6, 6.07) is 17.3. The van der Waals surface area contributed by atoms with Crippen molar-refractivity contribution in [2.24, 2.45) is 0 Å². The molecule has 0 fully saturated rings. The molecule has 1 aliphatic heterocycles. The Kier molecular flexibility index (Phi) is 5.11. The number of rotatable bonds is 6. The van der Waals surface area contributed by atoms with Crippen LogP contribution in [0.5, 0.6) is 5.75 Å². The van der Waals surface area contributed by atoms with Crippen molar-refractivity contribution in [2.45, 2.75) is 12.8 Å². The first kappa shape index (κ1) is 16.1. The molecule has 0 aliphatic carbocycles. The van der Waals surface area contributed by atoms with E-state index in [1.807, 2.05) is 54.6 Å². The van der Waals surface area contributed by atoms with Gasteiger partial charge < -0.3 is 15.0 Å². The predicted molar refractivity (Wildman–Crippen MR) is 92.1 cm³/mol. The summed E-state index contributed by atoms with van der Waals surface area (Å²) in [5.74, 6) is 0.604. The smallest absolute Gasteiger partial charge is 0.265 e. The van der Waals surface area contributed by atoms with Crippen molar-refractivity contribution in [3.63, 3.8) is 0 Å². The summed E-state index contributed by atoms with van der Waals surface area (Å²) in [6.45, 7) is 0.906. The average Bonchev–Trinajstić information content (AvgIpc) is 2.63. The molecule has 1 aliphatic rings. The van der Waals surface area contributed by atoms with Crippen LogP contribution in [-0.4, -0.2) is 31.5 Å². The highest BCUT2D eigenvalue weighted by Crippen LogP contribution is 2.30. The molecular weight excluding hydrogens is 304 g/mol. The number of carbonyl (C=O) groups excluding carboxylic acids is 2. The largest absolute Gasteiger partial charge is 0.482 e. The number of carbonyl (C=O) groups is 2. The molecule has 0 unspecified atom stereocenters. The van der Waals surface area contributed by atoms with Crippen LogP contribution >= 0.6 is 0 Å². The number of anilines is 1. The predicted octanol–water partition coefficient (Wildman–Crippen LogP) is 2.16. The molecule has 0 saturated carbocycles. The van der Waals surface area contributed by atoms with Gasteiger partial charge in [-0.15, -0.1) is 0 Å². The molecule has 0 atom stereocenters. The van der Waals surface area contributed by atoms with Crippen molar-refractivity contribution in [3.8, 4) is 5.75 Å². The Morgan fingerprint density at radius 2 is 1.83 bits per heavy atom. The Morgan fingerprint density at radius 1 is 1.08 bits per heavy atom. The van der Waals surface area contributed by atoms with Crippen LogP contribution in [-0.2, 0) is 16.0 Å². The van der Waals surface area contributed by atoms with E-state index in [2.05, 4.69) is 5.32 Å². The van der Waals surface area contributed by atoms with Gasteiger partial charge in [-0.05, 0) is 24.1 Å². The van der Waals surface area contributed by atoms with Crippen LogP contribution in [0.25, 0.3) is 0 Å².